The first-order chi connectivity index (χ1) is 8.45. The molecule has 18 heavy (non-hydrogen) atoms. The molecule has 0 aliphatic carbocycles. The van der Waals surface area contributed by atoms with E-state index in [0.717, 1.165) is 18.7 Å². The number of fused-ring (bicyclic) bond motifs is 2. The highest BCUT2D eigenvalue weighted by molar-refractivity contribution is 5.08. The van der Waals surface area contributed by atoms with Crippen LogP contribution in [0.25, 0.3) is 0 Å². The maximum absolute atomic E-state index is 6.13. The molecular formula is C13H21N3O2. The van der Waals surface area contributed by atoms with Gasteiger partial charge in [-0.2, -0.15) is 4.98 Å². The lowest BCUT2D eigenvalue weighted by Crippen LogP contribution is -2.26. The average molecular weight is 251 g/mol. The summed E-state index contributed by atoms with van der Waals surface area (Å²) >= 11 is 0. The van der Waals surface area contributed by atoms with Gasteiger partial charge in [0.05, 0.1) is 24.2 Å². The molecular weight excluding hydrogens is 230 g/mol. The van der Waals surface area contributed by atoms with Crippen molar-refractivity contribution in [2.45, 2.75) is 64.2 Å². The molecule has 0 saturated carbocycles. The van der Waals surface area contributed by atoms with Crippen molar-refractivity contribution in [3.05, 3.63) is 11.7 Å². The Hall–Kier alpha value is -0.940. The number of nitrogens with zero attached hydrogens (tertiary/aromatic N) is 2. The second kappa shape index (κ2) is 4.03. The zero-order valence-electron chi connectivity index (χ0n) is 11.2. The monoisotopic (exact) mass is 251 g/mol. The van der Waals surface area contributed by atoms with Crippen molar-refractivity contribution in [1.29, 1.82) is 0 Å². The number of hydrogen-bond donors (Lipinski definition) is 1. The molecule has 4 unspecified atom stereocenters. The average Bonchev–Trinajstić information content (AvgIpc) is 3.02. The van der Waals surface area contributed by atoms with Crippen molar-refractivity contribution < 1.29 is 9.26 Å². The molecule has 2 saturated heterocycles. The van der Waals surface area contributed by atoms with Crippen LogP contribution in [-0.4, -0.2) is 22.3 Å². The number of ether oxygens (including phenoxy) is 1. The highest BCUT2D eigenvalue weighted by atomic mass is 16.5. The van der Waals surface area contributed by atoms with Crippen LogP contribution in [0, 0.1) is 5.41 Å². The molecule has 2 fully saturated rings. The van der Waals surface area contributed by atoms with Gasteiger partial charge >= 0.3 is 0 Å². The van der Waals surface area contributed by atoms with Crippen LogP contribution >= 0.6 is 0 Å². The zero-order chi connectivity index (χ0) is 12.9. The highest BCUT2D eigenvalue weighted by Gasteiger charge is 2.44. The molecule has 0 radical (unpaired) electrons. The maximum Gasteiger partial charge on any atom is 0.244 e. The Kier molecular flexibility index (Phi) is 2.71. The smallest absolute Gasteiger partial charge is 0.244 e. The van der Waals surface area contributed by atoms with E-state index in [1.165, 1.54) is 6.42 Å². The minimum atomic E-state index is -0.224. The molecule has 1 aromatic rings. The van der Waals surface area contributed by atoms with E-state index in [0.29, 0.717) is 17.9 Å². The van der Waals surface area contributed by atoms with Crippen molar-refractivity contribution >= 4 is 0 Å². The van der Waals surface area contributed by atoms with Crippen LogP contribution in [0.4, 0.5) is 0 Å². The van der Waals surface area contributed by atoms with E-state index in [1.807, 2.05) is 0 Å². The van der Waals surface area contributed by atoms with Gasteiger partial charge in [-0.1, -0.05) is 25.9 Å². The van der Waals surface area contributed by atoms with Crippen LogP contribution in [0.2, 0.25) is 0 Å². The van der Waals surface area contributed by atoms with Crippen molar-refractivity contribution in [1.82, 2.24) is 10.1 Å². The Bertz CT molecular complexity index is 438. The van der Waals surface area contributed by atoms with Gasteiger partial charge in [0.15, 0.2) is 5.82 Å². The lowest BCUT2D eigenvalue weighted by molar-refractivity contribution is 0.0996. The van der Waals surface area contributed by atoms with Crippen molar-refractivity contribution in [3.8, 4) is 0 Å². The van der Waals surface area contributed by atoms with E-state index in [9.17, 15) is 0 Å². The van der Waals surface area contributed by atoms with Gasteiger partial charge in [-0.25, -0.2) is 0 Å². The van der Waals surface area contributed by atoms with E-state index in [-0.39, 0.29) is 17.6 Å². The summed E-state index contributed by atoms with van der Waals surface area (Å²) in [6.07, 6.45) is 4.00. The fraction of sp³-hybridized carbons (Fsp3) is 0.846. The van der Waals surface area contributed by atoms with Crippen molar-refractivity contribution in [3.63, 3.8) is 0 Å². The van der Waals surface area contributed by atoms with Crippen LogP contribution in [0.5, 0.6) is 0 Å². The standard InChI is InChI=1S/C13H21N3O2/c1-13(2,3)10(14)12-15-11(16-18-12)8-6-7-4-5-9(8)17-7/h7-10H,4-6,14H2,1-3H3. The number of aromatic nitrogens is 2. The number of rotatable bonds is 2. The molecule has 100 valence electrons. The summed E-state index contributed by atoms with van der Waals surface area (Å²) in [5.41, 5.74) is 6.06. The normalized spacial score (nSPS) is 33.0. The molecule has 3 heterocycles. The van der Waals surface area contributed by atoms with Gasteiger partial charge in [-0.05, 0) is 24.7 Å². The molecule has 1 aromatic heterocycles. The minimum absolute atomic E-state index is 0.0744. The lowest BCUT2D eigenvalue weighted by atomic mass is 9.87. The van der Waals surface area contributed by atoms with Crippen LogP contribution in [0.3, 0.4) is 0 Å². The van der Waals surface area contributed by atoms with Gasteiger partial charge in [0.25, 0.3) is 0 Å². The first-order valence-corrected chi connectivity index (χ1v) is 6.69. The Labute approximate surface area is 107 Å². The quantitative estimate of drug-likeness (QED) is 0.871. The fourth-order valence-electron chi connectivity index (χ4n) is 2.80. The largest absolute Gasteiger partial charge is 0.374 e. The van der Waals surface area contributed by atoms with Crippen LogP contribution in [0.15, 0.2) is 4.52 Å². The van der Waals surface area contributed by atoms with Crippen LogP contribution in [-0.2, 0) is 4.74 Å². The Morgan fingerprint density at radius 3 is 2.67 bits per heavy atom. The first kappa shape index (κ1) is 12.1. The van der Waals surface area contributed by atoms with Gasteiger partial charge < -0.3 is 15.0 Å². The van der Waals surface area contributed by atoms with E-state index < -0.39 is 0 Å². The molecule has 5 heteroatoms. The Morgan fingerprint density at radius 1 is 1.33 bits per heavy atom. The number of nitrogens with two attached hydrogens (primary N) is 1. The summed E-state index contributed by atoms with van der Waals surface area (Å²) in [5.74, 6) is 1.62. The molecule has 2 bridgehead atoms. The Morgan fingerprint density at radius 2 is 2.11 bits per heavy atom. The van der Waals surface area contributed by atoms with Crippen LogP contribution in [0.1, 0.15) is 63.7 Å². The third kappa shape index (κ3) is 1.95. The third-order valence-electron chi connectivity index (χ3n) is 4.09. The first-order valence-electron chi connectivity index (χ1n) is 6.69. The third-order valence-corrected chi connectivity index (χ3v) is 4.09. The summed E-state index contributed by atoms with van der Waals surface area (Å²) in [6, 6.07) is -0.224. The molecule has 4 atom stereocenters. The highest BCUT2D eigenvalue weighted by Crippen LogP contribution is 2.43. The molecule has 0 aromatic carbocycles. The molecule has 2 N–H and O–H groups in total. The van der Waals surface area contributed by atoms with E-state index in [4.69, 9.17) is 15.0 Å². The Balaban J connectivity index is 1.78. The topological polar surface area (TPSA) is 74.2 Å². The summed E-state index contributed by atoms with van der Waals surface area (Å²) in [4.78, 5) is 4.49. The summed E-state index contributed by atoms with van der Waals surface area (Å²) in [5, 5.41) is 4.11. The molecule has 2 aliphatic rings. The van der Waals surface area contributed by atoms with Crippen molar-refractivity contribution in [2.75, 3.05) is 0 Å². The predicted octanol–water partition coefficient (Wildman–Crippen LogP) is 2.15. The number of hydrogen-bond acceptors (Lipinski definition) is 5. The van der Waals surface area contributed by atoms with Gasteiger partial charge in [-0.15, -0.1) is 0 Å². The summed E-state index contributed by atoms with van der Waals surface area (Å²) in [6.45, 7) is 6.21. The maximum atomic E-state index is 6.13. The van der Waals surface area contributed by atoms with Gasteiger partial charge in [0.1, 0.15) is 0 Å². The molecule has 0 spiro atoms. The molecule has 2 aliphatic heterocycles. The van der Waals surface area contributed by atoms with E-state index in [2.05, 4.69) is 30.9 Å². The molecule has 0 amide bonds. The zero-order valence-corrected chi connectivity index (χ0v) is 11.2. The van der Waals surface area contributed by atoms with E-state index >= 15 is 0 Å². The van der Waals surface area contributed by atoms with Gasteiger partial charge in [0, 0.05) is 0 Å². The second-order valence-electron chi connectivity index (χ2n) is 6.55. The van der Waals surface area contributed by atoms with Crippen molar-refractivity contribution in [2.24, 2.45) is 11.1 Å². The minimum Gasteiger partial charge on any atom is -0.374 e. The lowest BCUT2D eigenvalue weighted by Gasteiger charge is -2.23. The van der Waals surface area contributed by atoms with Crippen LogP contribution < -0.4 is 5.73 Å². The van der Waals surface area contributed by atoms with E-state index in [1.54, 1.807) is 0 Å². The van der Waals surface area contributed by atoms with Gasteiger partial charge in [-0.3, -0.25) is 0 Å². The summed E-state index contributed by atoms with van der Waals surface area (Å²) < 4.78 is 11.2. The molecule has 3 rings (SSSR count). The fourth-order valence-corrected chi connectivity index (χ4v) is 2.80. The molecule has 5 nitrogen and oxygen atoms in total. The summed E-state index contributed by atoms with van der Waals surface area (Å²) in [7, 11) is 0. The second-order valence-corrected chi connectivity index (χ2v) is 6.55. The SMILES string of the molecule is CC(C)(C)C(N)c1nc(C2CC3CCC2O3)no1. The van der Waals surface area contributed by atoms with Gasteiger partial charge in [0.2, 0.25) is 5.89 Å². The predicted molar refractivity (Wildman–Crippen MR) is 65.9 cm³/mol.